The number of nitrogens with one attached hydrogen (secondary N) is 1. The third-order valence-corrected chi connectivity index (χ3v) is 5.81. The topological polar surface area (TPSA) is 121 Å². The van der Waals surface area contributed by atoms with E-state index in [4.69, 9.17) is 0 Å². The smallest absolute Gasteiger partial charge is 0.245 e. The molecule has 0 spiro atoms. The molecule has 0 saturated carbocycles. The van der Waals surface area contributed by atoms with E-state index < -0.39 is 0 Å². The Balaban J connectivity index is 0.000000664. The second-order valence-electron chi connectivity index (χ2n) is 8.66. The first kappa shape index (κ1) is 35.9. The Morgan fingerprint density at radius 3 is 1.80 bits per heavy atom. The first-order valence-electron chi connectivity index (χ1n) is 13.7. The van der Waals surface area contributed by atoms with Crippen molar-refractivity contribution in [3.8, 4) is 0 Å². The number of carbonyl (C=O) groups is 4. The molecule has 1 N–H and O–H groups in total. The SMILES string of the molecule is C=CC(=O)CCCCN(CC)C(=O)C=C.C=CC(=O)CCCCN(CC)C(=O)CCn1ccnc1.c1c[nH]cn1. The zero-order chi connectivity index (χ0) is 30.0. The van der Waals surface area contributed by atoms with Gasteiger partial charge in [-0.2, -0.15) is 0 Å². The predicted octanol–water partition coefficient (Wildman–Crippen LogP) is 4.40. The van der Waals surface area contributed by atoms with Gasteiger partial charge in [0.25, 0.3) is 0 Å². The van der Waals surface area contributed by atoms with Crippen molar-refractivity contribution in [3.63, 3.8) is 0 Å². The predicted molar refractivity (Wildman–Crippen MR) is 158 cm³/mol. The molecular weight excluding hydrogens is 508 g/mol. The summed E-state index contributed by atoms with van der Waals surface area (Å²) < 4.78 is 1.90. The number of unbranched alkanes of at least 4 members (excludes halogenated alkanes) is 2. The molecule has 0 aromatic carbocycles. The van der Waals surface area contributed by atoms with Gasteiger partial charge in [0.2, 0.25) is 11.8 Å². The van der Waals surface area contributed by atoms with Gasteiger partial charge in [-0.15, -0.1) is 0 Å². The summed E-state index contributed by atoms with van der Waals surface area (Å²) in [6.45, 7) is 17.6. The Hall–Kier alpha value is -4.08. The average Bonchev–Trinajstić information content (AvgIpc) is 3.73. The van der Waals surface area contributed by atoms with Gasteiger partial charge in [0, 0.05) is 76.8 Å². The maximum Gasteiger partial charge on any atom is 0.245 e. The first-order chi connectivity index (χ1) is 19.3. The Labute approximate surface area is 238 Å². The van der Waals surface area contributed by atoms with Gasteiger partial charge in [0.15, 0.2) is 11.6 Å². The van der Waals surface area contributed by atoms with E-state index in [1.54, 1.807) is 36.1 Å². The lowest BCUT2D eigenvalue weighted by Crippen LogP contribution is -2.32. The van der Waals surface area contributed by atoms with E-state index in [2.05, 4.69) is 34.7 Å². The summed E-state index contributed by atoms with van der Waals surface area (Å²) in [6.07, 6.45) is 19.2. The molecule has 10 nitrogen and oxygen atoms in total. The molecule has 40 heavy (non-hydrogen) atoms. The summed E-state index contributed by atoms with van der Waals surface area (Å²) in [6, 6.07) is 0. The standard InChI is InChI=1S/C15H23N3O2.C12H19NO2.C3H4N2/c1-3-14(19)7-5-6-10-18(4-2)15(20)8-11-17-12-9-16-13-17;1-4-11(14)9-7-8-10-13(6-3)12(15)5-2;1-2-5-3-4-1/h3,9,12-13H,1,4-8,10-11H2,2H3;4-5H,1-2,6-10H2,3H3;1-3H,(H,4,5). The number of amides is 2. The van der Waals surface area contributed by atoms with Crippen molar-refractivity contribution in [1.82, 2.24) is 29.3 Å². The lowest BCUT2D eigenvalue weighted by Gasteiger charge is -2.20. The van der Waals surface area contributed by atoms with Crippen LogP contribution in [0.3, 0.4) is 0 Å². The maximum atomic E-state index is 12.1. The van der Waals surface area contributed by atoms with Crippen LogP contribution in [0, 0.1) is 0 Å². The molecule has 220 valence electrons. The van der Waals surface area contributed by atoms with Gasteiger partial charge >= 0.3 is 0 Å². The lowest BCUT2D eigenvalue weighted by atomic mass is 10.1. The molecule has 2 amide bonds. The number of ketones is 2. The summed E-state index contributed by atoms with van der Waals surface area (Å²) in [5, 5.41) is 0. The second-order valence-corrected chi connectivity index (χ2v) is 8.66. The van der Waals surface area contributed by atoms with Crippen LogP contribution in [0.4, 0.5) is 0 Å². The van der Waals surface area contributed by atoms with Crippen LogP contribution in [0.2, 0.25) is 0 Å². The van der Waals surface area contributed by atoms with Crippen molar-refractivity contribution in [2.45, 2.75) is 65.3 Å². The molecule has 0 bridgehead atoms. The summed E-state index contributed by atoms with van der Waals surface area (Å²) >= 11 is 0. The molecule has 0 atom stereocenters. The van der Waals surface area contributed by atoms with Crippen molar-refractivity contribution < 1.29 is 19.2 Å². The van der Waals surface area contributed by atoms with Crippen LogP contribution in [0.1, 0.15) is 58.8 Å². The number of allylic oxidation sites excluding steroid dienone is 2. The number of aromatic nitrogens is 4. The third-order valence-electron chi connectivity index (χ3n) is 5.81. The normalized spacial score (nSPS) is 9.65. The van der Waals surface area contributed by atoms with E-state index in [0.29, 0.717) is 52.0 Å². The van der Waals surface area contributed by atoms with Crippen molar-refractivity contribution in [1.29, 1.82) is 0 Å². The number of aromatic amines is 1. The lowest BCUT2D eigenvalue weighted by molar-refractivity contribution is -0.131. The summed E-state index contributed by atoms with van der Waals surface area (Å²) in [7, 11) is 0. The van der Waals surface area contributed by atoms with Gasteiger partial charge < -0.3 is 19.4 Å². The molecule has 2 aromatic rings. The molecular formula is C30H46N6O4. The highest BCUT2D eigenvalue weighted by Gasteiger charge is 2.11. The minimum absolute atomic E-state index is 0.0486. The quantitative estimate of drug-likeness (QED) is 0.215. The highest BCUT2D eigenvalue weighted by atomic mass is 16.2. The van der Waals surface area contributed by atoms with Crippen LogP contribution < -0.4 is 0 Å². The van der Waals surface area contributed by atoms with Crippen LogP contribution in [0.25, 0.3) is 0 Å². The number of aryl methyl sites for hydroxylation is 1. The molecule has 0 aliphatic rings. The monoisotopic (exact) mass is 554 g/mol. The van der Waals surface area contributed by atoms with Crippen LogP contribution in [0.5, 0.6) is 0 Å². The van der Waals surface area contributed by atoms with Crippen LogP contribution >= 0.6 is 0 Å². The molecule has 0 radical (unpaired) electrons. The van der Waals surface area contributed by atoms with Gasteiger partial charge in [0.05, 0.1) is 12.7 Å². The number of hydrogen-bond donors (Lipinski definition) is 1. The summed E-state index contributed by atoms with van der Waals surface area (Å²) in [5.74, 6) is 0.233. The number of rotatable bonds is 18. The van der Waals surface area contributed by atoms with E-state index in [9.17, 15) is 19.2 Å². The van der Waals surface area contributed by atoms with Crippen molar-refractivity contribution in [3.05, 3.63) is 75.4 Å². The molecule has 0 unspecified atom stereocenters. The number of H-pyrrole nitrogens is 1. The molecule has 0 fully saturated rings. The molecule has 0 aliphatic heterocycles. The zero-order valence-electron chi connectivity index (χ0n) is 24.2. The minimum atomic E-state index is -0.0486. The zero-order valence-corrected chi connectivity index (χ0v) is 24.2. The van der Waals surface area contributed by atoms with Gasteiger partial charge in [-0.25, -0.2) is 9.97 Å². The fourth-order valence-electron chi connectivity index (χ4n) is 3.44. The number of hydrogen-bond acceptors (Lipinski definition) is 6. The Morgan fingerprint density at radius 2 is 1.40 bits per heavy atom. The highest BCUT2D eigenvalue weighted by Crippen LogP contribution is 2.04. The molecule has 2 aromatic heterocycles. The highest BCUT2D eigenvalue weighted by molar-refractivity contribution is 5.89. The van der Waals surface area contributed by atoms with Gasteiger partial charge in [-0.3, -0.25) is 19.2 Å². The average molecular weight is 555 g/mol. The number of imidazole rings is 2. The first-order valence-corrected chi connectivity index (χ1v) is 13.7. The molecule has 2 rings (SSSR count). The van der Waals surface area contributed by atoms with E-state index in [1.165, 1.54) is 18.2 Å². The van der Waals surface area contributed by atoms with E-state index in [1.807, 2.05) is 29.5 Å². The molecule has 0 aliphatic carbocycles. The number of likely N-dealkylation sites (N-methyl/N-ethyl adjacent to an activating group) is 1. The van der Waals surface area contributed by atoms with Crippen molar-refractivity contribution in [2.75, 3.05) is 26.2 Å². The van der Waals surface area contributed by atoms with Crippen molar-refractivity contribution in [2.24, 2.45) is 0 Å². The summed E-state index contributed by atoms with van der Waals surface area (Å²) in [5.41, 5.74) is 0. The fourth-order valence-corrected chi connectivity index (χ4v) is 3.44. The van der Waals surface area contributed by atoms with Gasteiger partial charge in [-0.1, -0.05) is 19.7 Å². The van der Waals surface area contributed by atoms with E-state index >= 15 is 0 Å². The summed E-state index contributed by atoms with van der Waals surface area (Å²) in [4.78, 5) is 59.2. The van der Waals surface area contributed by atoms with Crippen LogP contribution in [-0.4, -0.2) is 78.9 Å². The molecule has 10 heteroatoms. The third kappa shape index (κ3) is 18.2. The minimum Gasteiger partial charge on any atom is -0.351 e. The number of carbonyl (C=O) groups excluding carboxylic acids is 4. The largest absolute Gasteiger partial charge is 0.351 e. The van der Waals surface area contributed by atoms with Gasteiger partial charge in [0.1, 0.15) is 0 Å². The fraction of sp³-hybridized carbons (Fsp3) is 0.467. The van der Waals surface area contributed by atoms with Crippen LogP contribution in [-0.2, 0) is 25.7 Å². The Kier molecular flexibility index (Phi) is 21.5. The molecule has 2 heterocycles. The Bertz CT molecular complexity index is 969. The van der Waals surface area contributed by atoms with Crippen LogP contribution in [0.15, 0.2) is 75.4 Å². The van der Waals surface area contributed by atoms with E-state index in [-0.39, 0.29) is 23.4 Å². The maximum absolute atomic E-state index is 12.1. The number of nitrogens with zero attached hydrogens (tertiary/aromatic N) is 5. The van der Waals surface area contributed by atoms with Gasteiger partial charge in [-0.05, 0) is 57.8 Å². The second kappa shape index (κ2) is 24.0. The van der Waals surface area contributed by atoms with E-state index in [0.717, 1.165) is 25.7 Å². The van der Waals surface area contributed by atoms with Crippen molar-refractivity contribution >= 4 is 23.4 Å². The molecule has 0 saturated heterocycles. The Morgan fingerprint density at radius 1 is 0.800 bits per heavy atom.